The van der Waals surface area contributed by atoms with Crippen molar-refractivity contribution in [2.24, 2.45) is 5.92 Å². The molecular weight excluding hydrogens is 325 g/mol. The predicted octanol–water partition coefficient (Wildman–Crippen LogP) is 3.70. The monoisotopic (exact) mass is 345 g/mol. The fourth-order valence-corrected chi connectivity index (χ4v) is 4.08. The molecule has 1 aliphatic heterocycles. The number of thioether (sulfide) groups is 1. The Kier molecular flexibility index (Phi) is 4.76. The van der Waals surface area contributed by atoms with E-state index in [2.05, 4.69) is 18.8 Å². The molecule has 1 aliphatic rings. The molecule has 1 amide bonds. The third-order valence-electron chi connectivity index (χ3n) is 3.96. The number of nitrogens with two attached hydrogens (primary N) is 1. The molecule has 2 aromatic rings. The first-order valence-corrected chi connectivity index (χ1v) is 8.92. The Hall–Kier alpha value is -2.08. The van der Waals surface area contributed by atoms with Gasteiger partial charge >= 0.3 is 0 Å². The van der Waals surface area contributed by atoms with Gasteiger partial charge in [-0.2, -0.15) is 0 Å². The van der Waals surface area contributed by atoms with E-state index < -0.39 is 5.82 Å². The molecule has 1 aromatic heterocycles. The number of hydrogen-bond donors (Lipinski definition) is 1. The number of carbonyl (C=O) groups is 1. The number of nitrogen functional groups attached to an aromatic ring is 1. The summed E-state index contributed by atoms with van der Waals surface area (Å²) in [5, 5.41) is -0.0933. The topological polar surface area (TPSA) is 59.2 Å². The molecule has 6 heteroatoms. The minimum Gasteiger partial charge on any atom is -0.396 e. The summed E-state index contributed by atoms with van der Waals surface area (Å²) in [4.78, 5) is 18.4. The van der Waals surface area contributed by atoms with Crippen molar-refractivity contribution in [1.29, 1.82) is 0 Å². The lowest BCUT2D eigenvalue weighted by Crippen LogP contribution is -2.31. The first-order chi connectivity index (χ1) is 11.5. The van der Waals surface area contributed by atoms with Gasteiger partial charge in [-0.1, -0.05) is 19.9 Å². The summed E-state index contributed by atoms with van der Waals surface area (Å²) in [6, 6.07) is 6.65. The van der Waals surface area contributed by atoms with E-state index in [0.717, 1.165) is 16.7 Å². The van der Waals surface area contributed by atoms with E-state index >= 15 is 0 Å². The predicted molar refractivity (Wildman–Crippen MR) is 95.8 cm³/mol. The van der Waals surface area contributed by atoms with Crippen LogP contribution in [-0.2, 0) is 4.79 Å². The van der Waals surface area contributed by atoms with Crippen molar-refractivity contribution in [3.05, 3.63) is 48.0 Å². The molecule has 0 spiro atoms. The Balaban J connectivity index is 2.02. The second-order valence-corrected chi connectivity index (χ2v) is 7.37. The molecule has 0 aliphatic carbocycles. The van der Waals surface area contributed by atoms with Crippen molar-refractivity contribution in [1.82, 2.24) is 9.88 Å². The minimum absolute atomic E-state index is 0.0933. The van der Waals surface area contributed by atoms with Gasteiger partial charge in [0.05, 0.1) is 11.4 Å². The van der Waals surface area contributed by atoms with E-state index in [4.69, 9.17) is 5.73 Å². The summed E-state index contributed by atoms with van der Waals surface area (Å²) in [6.07, 6.45) is 3.45. The summed E-state index contributed by atoms with van der Waals surface area (Å²) in [7, 11) is 0. The van der Waals surface area contributed by atoms with E-state index in [0.29, 0.717) is 18.2 Å². The van der Waals surface area contributed by atoms with E-state index in [1.165, 1.54) is 6.07 Å². The van der Waals surface area contributed by atoms with Crippen molar-refractivity contribution >= 4 is 23.4 Å². The Morgan fingerprint density at radius 2 is 2.21 bits per heavy atom. The van der Waals surface area contributed by atoms with Gasteiger partial charge in [0.15, 0.2) is 0 Å². The minimum atomic E-state index is -0.440. The third-order valence-corrected chi connectivity index (χ3v) is 5.20. The van der Waals surface area contributed by atoms with Gasteiger partial charge in [0.2, 0.25) is 5.91 Å². The average molecular weight is 345 g/mol. The van der Waals surface area contributed by atoms with Gasteiger partial charge in [0.1, 0.15) is 11.2 Å². The highest BCUT2D eigenvalue weighted by Gasteiger charge is 2.34. The number of aromatic nitrogens is 1. The van der Waals surface area contributed by atoms with Crippen LogP contribution in [0.2, 0.25) is 0 Å². The quantitative estimate of drug-likeness (QED) is 0.859. The molecule has 1 aromatic carbocycles. The zero-order chi connectivity index (χ0) is 17.3. The van der Waals surface area contributed by atoms with Crippen LogP contribution in [0.5, 0.6) is 0 Å². The lowest BCUT2D eigenvalue weighted by Gasteiger charge is -2.27. The van der Waals surface area contributed by atoms with Crippen LogP contribution in [-0.4, -0.2) is 28.1 Å². The highest BCUT2D eigenvalue weighted by Crippen LogP contribution is 2.42. The molecule has 0 bridgehead atoms. The number of nitrogens with zero attached hydrogens (tertiary/aromatic N) is 2. The SMILES string of the molecule is CC(C)CN1C(=O)CSC1c1cnccc1-c1ccc(N)c(F)c1. The number of anilines is 1. The lowest BCUT2D eigenvalue weighted by molar-refractivity contribution is -0.128. The smallest absolute Gasteiger partial charge is 0.233 e. The summed E-state index contributed by atoms with van der Waals surface area (Å²) >= 11 is 1.59. The van der Waals surface area contributed by atoms with E-state index in [1.54, 1.807) is 36.3 Å². The highest BCUT2D eigenvalue weighted by molar-refractivity contribution is 8.00. The molecule has 1 saturated heterocycles. The van der Waals surface area contributed by atoms with Crippen molar-refractivity contribution in [3.63, 3.8) is 0 Å². The number of amides is 1. The normalized spacial score (nSPS) is 17.8. The Morgan fingerprint density at radius 3 is 2.92 bits per heavy atom. The maximum absolute atomic E-state index is 13.9. The van der Waals surface area contributed by atoms with Gasteiger partial charge in [-0.3, -0.25) is 9.78 Å². The van der Waals surface area contributed by atoms with Crippen LogP contribution in [0.4, 0.5) is 10.1 Å². The molecule has 24 heavy (non-hydrogen) atoms. The fourth-order valence-electron chi connectivity index (χ4n) is 2.86. The van der Waals surface area contributed by atoms with Crippen LogP contribution in [0, 0.1) is 11.7 Å². The number of halogens is 1. The lowest BCUT2D eigenvalue weighted by atomic mass is 10.0. The summed E-state index contributed by atoms with van der Waals surface area (Å²) in [5.74, 6) is 0.535. The first kappa shape index (κ1) is 16.8. The van der Waals surface area contributed by atoms with Gasteiger partial charge in [-0.25, -0.2) is 4.39 Å². The highest BCUT2D eigenvalue weighted by atomic mass is 32.2. The zero-order valence-electron chi connectivity index (χ0n) is 13.7. The molecule has 0 radical (unpaired) electrons. The fraction of sp³-hybridized carbons (Fsp3) is 0.333. The summed E-state index contributed by atoms with van der Waals surface area (Å²) in [6.45, 7) is 4.88. The second kappa shape index (κ2) is 6.81. The number of rotatable bonds is 4. The van der Waals surface area contributed by atoms with Crippen molar-refractivity contribution < 1.29 is 9.18 Å². The van der Waals surface area contributed by atoms with Crippen LogP contribution in [0.25, 0.3) is 11.1 Å². The molecular formula is C18H20FN3OS. The van der Waals surface area contributed by atoms with Crippen LogP contribution in [0.15, 0.2) is 36.7 Å². The van der Waals surface area contributed by atoms with Gasteiger partial charge < -0.3 is 10.6 Å². The molecule has 126 valence electrons. The Morgan fingerprint density at radius 1 is 1.42 bits per heavy atom. The van der Waals surface area contributed by atoms with Crippen LogP contribution >= 0.6 is 11.8 Å². The Bertz CT molecular complexity index is 766. The molecule has 3 rings (SSSR count). The number of carbonyl (C=O) groups excluding carboxylic acids is 1. The van der Waals surface area contributed by atoms with E-state index in [9.17, 15) is 9.18 Å². The average Bonchev–Trinajstić information content (AvgIpc) is 2.90. The third kappa shape index (κ3) is 3.24. The van der Waals surface area contributed by atoms with Gasteiger partial charge in [0.25, 0.3) is 0 Å². The molecule has 4 nitrogen and oxygen atoms in total. The maximum Gasteiger partial charge on any atom is 0.233 e. The number of benzene rings is 1. The largest absolute Gasteiger partial charge is 0.396 e. The van der Waals surface area contributed by atoms with Crippen LogP contribution in [0.1, 0.15) is 24.8 Å². The van der Waals surface area contributed by atoms with Gasteiger partial charge in [-0.05, 0) is 35.2 Å². The second-order valence-electron chi connectivity index (χ2n) is 6.30. The number of hydrogen-bond acceptors (Lipinski definition) is 4. The molecule has 1 unspecified atom stereocenters. The molecule has 2 heterocycles. The van der Waals surface area contributed by atoms with E-state index in [1.807, 2.05) is 11.0 Å². The standard InChI is InChI=1S/C18H20FN3OS/c1-11(2)9-22-17(23)10-24-18(22)14-8-21-6-5-13(14)12-3-4-16(20)15(19)7-12/h3-8,11,18H,9-10,20H2,1-2H3. The van der Waals surface area contributed by atoms with Crippen molar-refractivity contribution in [2.75, 3.05) is 18.0 Å². The molecule has 1 fully saturated rings. The molecule has 0 saturated carbocycles. The van der Waals surface area contributed by atoms with Crippen molar-refractivity contribution in [2.45, 2.75) is 19.2 Å². The zero-order valence-corrected chi connectivity index (χ0v) is 14.5. The van der Waals surface area contributed by atoms with Gasteiger partial charge in [0, 0.05) is 24.5 Å². The maximum atomic E-state index is 13.9. The first-order valence-electron chi connectivity index (χ1n) is 7.87. The van der Waals surface area contributed by atoms with Crippen LogP contribution in [0.3, 0.4) is 0 Å². The summed E-state index contributed by atoms with van der Waals surface area (Å²) in [5.41, 5.74) is 8.25. The summed E-state index contributed by atoms with van der Waals surface area (Å²) < 4.78 is 13.9. The van der Waals surface area contributed by atoms with Crippen molar-refractivity contribution in [3.8, 4) is 11.1 Å². The number of pyridine rings is 1. The Labute approximate surface area is 145 Å². The van der Waals surface area contributed by atoms with Crippen LogP contribution < -0.4 is 5.73 Å². The molecule has 2 N–H and O–H groups in total. The molecule has 1 atom stereocenters. The van der Waals surface area contributed by atoms with E-state index in [-0.39, 0.29) is 17.0 Å². The van der Waals surface area contributed by atoms with Gasteiger partial charge in [-0.15, -0.1) is 11.8 Å².